The standard InChI is InChI=1S/C15H17N7/c1-11-2-4-12(5-3-11)22-15-13(19-20-22)14(17-10-18-15)21-8-6-16-7-9-21/h2-5,10,16H,6-9H2,1H3. The van der Waals surface area contributed by atoms with Crippen LogP contribution in [0.3, 0.4) is 0 Å². The van der Waals surface area contributed by atoms with E-state index < -0.39 is 0 Å². The molecule has 1 aromatic carbocycles. The van der Waals surface area contributed by atoms with Gasteiger partial charge in [-0.2, -0.15) is 4.68 Å². The van der Waals surface area contributed by atoms with Gasteiger partial charge in [-0.15, -0.1) is 5.10 Å². The van der Waals surface area contributed by atoms with E-state index in [0.29, 0.717) is 0 Å². The van der Waals surface area contributed by atoms with E-state index in [-0.39, 0.29) is 0 Å². The van der Waals surface area contributed by atoms with E-state index in [0.717, 1.165) is 48.8 Å². The van der Waals surface area contributed by atoms with Gasteiger partial charge < -0.3 is 10.2 Å². The number of hydrogen-bond acceptors (Lipinski definition) is 6. The number of fused-ring (bicyclic) bond motifs is 1. The minimum absolute atomic E-state index is 0.743. The summed E-state index contributed by atoms with van der Waals surface area (Å²) >= 11 is 0. The molecule has 1 saturated heterocycles. The Labute approximate surface area is 128 Å². The number of rotatable bonds is 2. The highest BCUT2D eigenvalue weighted by atomic mass is 15.5. The summed E-state index contributed by atoms with van der Waals surface area (Å²) in [6.07, 6.45) is 1.59. The third-order valence-corrected chi connectivity index (χ3v) is 3.91. The van der Waals surface area contributed by atoms with Gasteiger partial charge in [-0.3, -0.25) is 0 Å². The zero-order valence-electron chi connectivity index (χ0n) is 12.4. The van der Waals surface area contributed by atoms with Gasteiger partial charge in [-0.25, -0.2) is 9.97 Å². The number of benzene rings is 1. The summed E-state index contributed by atoms with van der Waals surface area (Å²) in [5, 5.41) is 11.9. The molecule has 0 radical (unpaired) electrons. The Morgan fingerprint density at radius 2 is 1.82 bits per heavy atom. The number of nitrogens with zero attached hydrogens (tertiary/aromatic N) is 6. The van der Waals surface area contributed by atoms with Crippen molar-refractivity contribution in [1.82, 2.24) is 30.3 Å². The van der Waals surface area contributed by atoms with E-state index in [1.54, 1.807) is 11.0 Å². The van der Waals surface area contributed by atoms with Crippen molar-refractivity contribution < 1.29 is 0 Å². The van der Waals surface area contributed by atoms with Crippen molar-refractivity contribution in [2.45, 2.75) is 6.92 Å². The molecule has 1 aliphatic rings. The number of hydrogen-bond donors (Lipinski definition) is 1. The van der Waals surface area contributed by atoms with Gasteiger partial charge in [-0.1, -0.05) is 22.9 Å². The molecular weight excluding hydrogens is 278 g/mol. The zero-order valence-corrected chi connectivity index (χ0v) is 12.4. The lowest BCUT2D eigenvalue weighted by Gasteiger charge is -2.28. The van der Waals surface area contributed by atoms with Gasteiger partial charge in [-0.05, 0) is 19.1 Å². The topological polar surface area (TPSA) is 71.8 Å². The van der Waals surface area contributed by atoms with Gasteiger partial charge in [0.05, 0.1) is 5.69 Å². The molecule has 0 bridgehead atoms. The lowest BCUT2D eigenvalue weighted by Crippen LogP contribution is -2.44. The molecule has 0 saturated carbocycles. The Kier molecular flexibility index (Phi) is 3.19. The van der Waals surface area contributed by atoms with E-state index in [1.165, 1.54) is 5.56 Å². The first-order valence-electron chi connectivity index (χ1n) is 7.42. The summed E-state index contributed by atoms with van der Waals surface area (Å²) in [5.74, 6) is 0.866. The van der Waals surface area contributed by atoms with Crippen LogP contribution in [0.1, 0.15) is 5.56 Å². The zero-order chi connectivity index (χ0) is 14.9. The minimum atomic E-state index is 0.743. The monoisotopic (exact) mass is 295 g/mol. The smallest absolute Gasteiger partial charge is 0.189 e. The molecule has 3 heterocycles. The van der Waals surface area contributed by atoms with Crippen LogP contribution in [0.4, 0.5) is 5.82 Å². The molecule has 4 rings (SSSR count). The summed E-state index contributed by atoms with van der Waals surface area (Å²) < 4.78 is 1.77. The van der Waals surface area contributed by atoms with Crippen LogP contribution in [-0.4, -0.2) is 51.1 Å². The summed E-state index contributed by atoms with van der Waals surface area (Å²) in [7, 11) is 0. The largest absolute Gasteiger partial charge is 0.352 e. The van der Waals surface area contributed by atoms with Crippen LogP contribution in [0.5, 0.6) is 0 Å². The summed E-state index contributed by atoms with van der Waals surface area (Å²) in [4.78, 5) is 11.0. The average Bonchev–Trinajstić information content (AvgIpc) is 3.00. The number of nitrogens with one attached hydrogen (secondary N) is 1. The van der Waals surface area contributed by atoms with E-state index in [2.05, 4.69) is 49.6 Å². The molecule has 1 fully saturated rings. The molecule has 112 valence electrons. The number of piperazine rings is 1. The highest BCUT2D eigenvalue weighted by Crippen LogP contribution is 2.22. The maximum Gasteiger partial charge on any atom is 0.189 e. The van der Waals surface area contributed by atoms with Crippen molar-refractivity contribution in [1.29, 1.82) is 0 Å². The maximum absolute atomic E-state index is 4.42. The second-order valence-electron chi connectivity index (χ2n) is 5.44. The Balaban J connectivity index is 1.80. The second-order valence-corrected chi connectivity index (χ2v) is 5.44. The van der Waals surface area contributed by atoms with Crippen LogP contribution < -0.4 is 10.2 Å². The Morgan fingerprint density at radius 3 is 2.59 bits per heavy atom. The lowest BCUT2D eigenvalue weighted by atomic mass is 10.2. The molecule has 0 spiro atoms. The van der Waals surface area contributed by atoms with Gasteiger partial charge in [0.25, 0.3) is 0 Å². The van der Waals surface area contributed by atoms with Gasteiger partial charge in [0, 0.05) is 26.2 Å². The normalized spacial score (nSPS) is 15.4. The Bertz CT molecular complexity index is 787. The number of aromatic nitrogens is 5. The molecule has 0 unspecified atom stereocenters. The molecule has 22 heavy (non-hydrogen) atoms. The van der Waals surface area contributed by atoms with Crippen molar-refractivity contribution in [2.24, 2.45) is 0 Å². The molecule has 0 atom stereocenters. The van der Waals surface area contributed by atoms with Gasteiger partial charge in [0.1, 0.15) is 6.33 Å². The highest BCUT2D eigenvalue weighted by Gasteiger charge is 2.19. The Morgan fingerprint density at radius 1 is 1.05 bits per heavy atom. The summed E-state index contributed by atoms with van der Waals surface area (Å²) in [6.45, 7) is 5.82. The minimum Gasteiger partial charge on any atom is -0.352 e. The first-order chi connectivity index (χ1) is 10.8. The van der Waals surface area contributed by atoms with E-state index in [9.17, 15) is 0 Å². The fourth-order valence-electron chi connectivity index (χ4n) is 2.70. The first-order valence-corrected chi connectivity index (χ1v) is 7.42. The fraction of sp³-hybridized carbons (Fsp3) is 0.333. The van der Waals surface area contributed by atoms with Crippen LogP contribution in [0.25, 0.3) is 16.9 Å². The van der Waals surface area contributed by atoms with Crippen LogP contribution in [-0.2, 0) is 0 Å². The SMILES string of the molecule is Cc1ccc(-n2nnc3c(N4CCNCC4)ncnc32)cc1. The van der Waals surface area contributed by atoms with E-state index >= 15 is 0 Å². The molecule has 1 aliphatic heterocycles. The average molecular weight is 295 g/mol. The molecule has 0 amide bonds. The fourth-order valence-corrected chi connectivity index (χ4v) is 2.70. The molecule has 2 aromatic heterocycles. The van der Waals surface area contributed by atoms with Crippen LogP contribution in [0.15, 0.2) is 30.6 Å². The third kappa shape index (κ3) is 2.19. The van der Waals surface area contributed by atoms with Crippen LogP contribution in [0.2, 0.25) is 0 Å². The molecule has 1 N–H and O–H groups in total. The van der Waals surface area contributed by atoms with Gasteiger partial charge >= 0.3 is 0 Å². The van der Waals surface area contributed by atoms with Gasteiger partial charge in [0.2, 0.25) is 0 Å². The maximum atomic E-state index is 4.42. The quantitative estimate of drug-likeness (QED) is 0.758. The predicted octanol–water partition coefficient (Wildman–Crippen LogP) is 0.929. The highest BCUT2D eigenvalue weighted by molar-refractivity contribution is 5.83. The van der Waals surface area contributed by atoms with Crippen molar-refractivity contribution in [3.8, 4) is 5.69 Å². The predicted molar refractivity (Wildman–Crippen MR) is 84.3 cm³/mol. The van der Waals surface area contributed by atoms with Crippen LogP contribution in [0, 0.1) is 6.92 Å². The first kappa shape index (κ1) is 13.1. The summed E-state index contributed by atoms with van der Waals surface area (Å²) in [5.41, 5.74) is 3.67. The molecule has 7 heteroatoms. The number of anilines is 1. The van der Waals surface area contributed by atoms with Crippen molar-refractivity contribution in [3.63, 3.8) is 0 Å². The molecular formula is C15H17N7. The second kappa shape index (κ2) is 5.34. The number of aryl methyl sites for hydroxylation is 1. The van der Waals surface area contributed by atoms with Gasteiger partial charge in [0.15, 0.2) is 17.0 Å². The molecule has 3 aromatic rings. The third-order valence-electron chi connectivity index (χ3n) is 3.91. The van der Waals surface area contributed by atoms with Crippen molar-refractivity contribution in [3.05, 3.63) is 36.2 Å². The van der Waals surface area contributed by atoms with Crippen molar-refractivity contribution >= 4 is 17.0 Å². The van der Waals surface area contributed by atoms with E-state index in [1.807, 2.05) is 12.1 Å². The Hall–Kier alpha value is -2.54. The molecule has 0 aliphatic carbocycles. The van der Waals surface area contributed by atoms with Crippen molar-refractivity contribution in [2.75, 3.05) is 31.1 Å². The van der Waals surface area contributed by atoms with Crippen LogP contribution >= 0.6 is 0 Å². The summed E-state index contributed by atoms with van der Waals surface area (Å²) in [6, 6.07) is 8.16. The lowest BCUT2D eigenvalue weighted by molar-refractivity contribution is 0.585. The van der Waals surface area contributed by atoms with E-state index in [4.69, 9.17) is 0 Å². The molecule has 7 nitrogen and oxygen atoms in total.